The second kappa shape index (κ2) is 4.05. The van der Waals surface area contributed by atoms with E-state index in [9.17, 15) is 4.79 Å². The molecule has 0 N–H and O–H groups in total. The lowest BCUT2D eigenvalue weighted by atomic mass is 9.72. The van der Waals surface area contributed by atoms with Crippen LogP contribution in [0.1, 0.15) is 38.5 Å². The fourth-order valence-electron chi connectivity index (χ4n) is 5.57. The molecule has 0 saturated carbocycles. The summed E-state index contributed by atoms with van der Waals surface area (Å²) < 4.78 is 12.0. The maximum Gasteiger partial charge on any atom is 0.230 e. The minimum absolute atomic E-state index is 0.00212. The Bertz CT molecular complexity index is 651. The van der Waals surface area contributed by atoms with E-state index >= 15 is 0 Å². The number of ether oxygens (including phenoxy) is 1. The molecular formula is C18H21NO3. The predicted octanol–water partition coefficient (Wildman–Crippen LogP) is 2.92. The Balaban J connectivity index is 1.64. The minimum atomic E-state index is -0.383. The highest BCUT2D eigenvalue weighted by molar-refractivity contribution is 5.86. The summed E-state index contributed by atoms with van der Waals surface area (Å²) in [4.78, 5) is 15.3. The molecule has 3 saturated heterocycles. The third-order valence-corrected chi connectivity index (χ3v) is 6.21. The van der Waals surface area contributed by atoms with Gasteiger partial charge in [0.15, 0.2) is 0 Å². The van der Waals surface area contributed by atoms with Gasteiger partial charge in [-0.05, 0) is 36.8 Å². The Labute approximate surface area is 130 Å². The van der Waals surface area contributed by atoms with E-state index < -0.39 is 0 Å². The number of nitrogens with zero attached hydrogens (tertiary/aromatic N) is 1. The Morgan fingerprint density at radius 3 is 2.86 bits per heavy atom. The van der Waals surface area contributed by atoms with Gasteiger partial charge in [0.2, 0.25) is 5.91 Å². The summed E-state index contributed by atoms with van der Waals surface area (Å²) in [5, 5.41) is 0. The van der Waals surface area contributed by atoms with Gasteiger partial charge in [0.25, 0.3) is 0 Å². The molecule has 7 atom stereocenters. The fraction of sp³-hybridized carbons (Fsp3) is 0.611. The molecule has 5 heterocycles. The van der Waals surface area contributed by atoms with Crippen molar-refractivity contribution in [1.82, 2.24) is 4.90 Å². The Morgan fingerprint density at radius 1 is 1.27 bits per heavy atom. The maximum absolute atomic E-state index is 13.2. The lowest BCUT2D eigenvalue weighted by Gasteiger charge is -2.47. The van der Waals surface area contributed by atoms with Gasteiger partial charge in [-0.25, -0.2) is 0 Å². The summed E-state index contributed by atoms with van der Waals surface area (Å²) in [7, 11) is 0. The highest BCUT2D eigenvalue weighted by Gasteiger charge is 2.69. The first-order valence-electron chi connectivity index (χ1n) is 8.34. The number of fused-ring (bicyclic) bond motifs is 2. The van der Waals surface area contributed by atoms with E-state index in [0.717, 1.165) is 18.6 Å². The molecule has 116 valence electrons. The van der Waals surface area contributed by atoms with Crippen LogP contribution in [0.5, 0.6) is 0 Å². The average Bonchev–Trinajstić information content (AvgIpc) is 3.22. The van der Waals surface area contributed by atoms with Gasteiger partial charge < -0.3 is 14.1 Å². The van der Waals surface area contributed by atoms with Gasteiger partial charge in [0.1, 0.15) is 11.4 Å². The first-order chi connectivity index (χ1) is 10.6. The van der Waals surface area contributed by atoms with Crippen molar-refractivity contribution < 1.29 is 13.9 Å². The van der Waals surface area contributed by atoms with Crippen LogP contribution in [0.15, 0.2) is 35.0 Å². The first kappa shape index (κ1) is 12.9. The molecule has 5 rings (SSSR count). The monoisotopic (exact) mass is 299 g/mol. The molecule has 4 nitrogen and oxygen atoms in total. The lowest BCUT2D eigenvalue weighted by Crippen LogP contribution is -2.54. The molecule has 1 amide bonds. The van der Waals surface area contributed by atoms with Gasteiger partial charge in [-0.15, -0.1) is 0 Å². The second-order valence-electron chi connectivity index (χ2n) is 7.50. The van der Waals surface area contributed by atoms with Crippen LogP contribution < -0.4 is 0 Å². The fourth-order valence-corrected chi connectivity index (χ4v) is 5.57. The minimum Gasteiger partial charge on any atom is -0.467 e. The third kappa shape index (κ3) is 1.35. The van der Waals surface area contributed by atoms with Gasteiger partial charge in [-0.2, -0.15) is 0 Å². The summed E-state index contributed by atoms with van der Waals surface area (Å²) >= 11 is 0. The Morgan fingerprint density at radius 2 is 2.14 bits per heavy atom. The normalized spacial score (nSPS) is 48.8. The van der Waals surface area contributed by atoms with Crippen LogP contribution in [-0.2, 0) is 9.53 Å². The van der Waals surface area contributed by atoms with Crippen molar-refractivity contribution in [2.24, 2.45) is 17.8 Å². The van der Waals surface area contributed by atoms with Crippen molar-refractivity contribution in [2.75, 3.05) is 0 Å². The largest absolute Gasteiger partial charge is 0.467 e. The summed E-state index contributed by atoms with van der Waals surface area (Å²) in [6.45, 7) is 4.49. The SMILES string of the molecule is C[C@H]1C[C@H](C)[C@H](c2ccco2)N2C(=O)[C@@H]3C[C@H]4C=C[C@@]3(O4)C12. The smallest absolute Gasteiger partial charge is 0.230 e. The van der Waals surface area contributed by atoms with Crippen molar-refractivity contribution in [3.63, 3.8) is 0 Å². The van der Waals surface area contributed by atoms with Crippen LogP contribution in [0.25, 0.3) is 0 Å². The van der Waals surface area contributed by atoms with Crippen LogP contribution in [-0.4, -0.2) is 28.6 Å². The number of hydrogen-bond donors (Lipinski definition) is 0. The summed E-state index contributed by atoms with van der Waals surface area (Å²) in [6, 6.07) is 4.10. The van der Waals surface area contributed by atoms with E-state index in [4.69, 9.17) is 9.15 Å². The van der Waals surface area contributed by atoms with E-state index in [0.29, 0.717) is 11.8 Å². The van der Waals surface area contributed by atoms with E-state index in [1.54, 1.807) is 6.26 Å². The van der Waals surface area contributed by atoms with Gasteiger partial charge >= 0.3 is 0 Å². The van der Waals surface area contributed by atoms with Crippen LogP contribution in [0.2, 0.25) is 0 Å². The van der Waals surface area contributed by atoms with Gasteiger partial charge in [-0.1, -0.05) is 26.0 Å². The number of piperidine rings is 1. The molecule has 3 fully saturated rings. The second-order valence-corrected chi connectivity index (χ2v) is 7.50. The molecule has 22 heavy (non-hydrogen) atoms. The van der Waals surface area contributed by atoms with E-state index in [-0.39, 0.29) is 35.6 Å². The quantitative estimate of drug-likeness (QED) is 0.749. The Kier molecular flexibility index (Phi) is 2.38. The summed E-state index contributed by atoms with van der Waals surface area (Å²) in [6.07, 6.45) is 8.12. The summed E-state index contributed by atoms with van der Waals surface area (Å²) in [5.41, 5.74) is -0.383. The molecule has 1 spiro atoms. The van der Waals surface area contributed by atoms with Crippen LogP contribution in [0.3, 0.4) is 0 Å². The van der Waals surface area contributed by atoms with E-state index in [1.807, 2.05) is 12.1 Å². The Hall–Kier alpha value is -1.55. The summed E-state index contributed by atoms with van der Waals surface area (Å²) in [5.74, 6) is 2.01. The number of carbonyl (C=O) groups excluding carboxylic acids is 1. The molecule has 0 aromatic carbocycles. The van der Waals surface area contributed by atoms with E-state index in [2.05, 4.69) is 30.9 Å². The van der Waals surface area contributed by atoms with Crippen molar-refractivity contribution in [1.29, 1.82) is 0 Å². The first-order valence-corrected chi connectivity index (χ1v) is 8.34. The zero-order chi connectivity index (χ0) is 15.1. The highest BCUT2D eigenvalue weighted by Crippen LogP contribution is 2.59. The van der Waals surface area contributed by atoms with Crippen LogP contribution >= 0.6 is 0 Å². The molecule has 2 bridgehead atoms. The number of furan rings is 1. The molecular weight excluding hydrogens is 278 g/mol. The highest BCUT2D eigenvalue weighted by atomic mass is 16.5. The van der Waals surface area contributed by atoms with Crippen LogP contribution in [0, 0.1) is 17.8 Å². The standard InChI is InChI=1S/C18H21NO3/c1-10-8-11(2)16-18-6-5-12(22-18)9-13(18)17(20)19(16)15(10)14-4-3-7-21-14/h3-7,10-13,15-16H,8-9H2,1-2H3/t10-,11-,12+,13-,15+,16?,18-/m0/s1. The van der Waals surface area contributed by atoms with Crippen molar-refractivity contribution in [3.05, 3.63) is 36.3 Å². The van der Waals surface area contributed by atoms with Gasteiger partial charge in [0.05, 0.1) is 30.4 Å². The zero-order valence-corrected chi connectivity index (χ0v) is 12.9. The lowest BCUT2D eigenvalue weighted by molar-refractivity contribution is -0.141. The maximum atomic E-state index is 13.2. The molecule has 4 heteroatoms. The topological polar surface area (TPSA) is 42.7 Å². The van der Waals surface area contributed by atoms with Crippen LogP contribution in [0.4, 0.5) is 0 Å². The molecule has 0 radical (unpaired) electrons. The number of rotatable bonds is 1. The predicted molar refractivity (Wildman–Crippen MR) is 79.9 cm³/mol. The number of carbonyl (C=O) groups is 1. The van der Waals surface area contributed by atoms with Gasteiger partial charge in [-0.3, -0.25) is 4.79 Å². The average molecular weight is 299 g/mol. The van der Waals surface area contributed by atoms with E-state index in [1.165, 1.54) is 0 Å². The molecule has 4 aliphatic rings. The van der Waals surface area contributed by atoms with Gasteiger partial charge in [0, 0.05) is 0 Å². The molecule has 4 aliphatic heterocycles. The van der Waals surface area contributed by atoms with Crippen molar-refractivity contribution in [2.45, 2.75) is 50.5 Å². The number of hydrogen-bond acceptors (Lipinski definition) is 3. The molecule has 0 aliphatic carbocycles. The number of amides is 1. The van der Waals surface area contributed by atoms with Crippen molar-refractivity contribution in [3.8, 4) is 0 Å². The molecule has 1 aromatic heterocycles. The van der Waals surface area contributed by atoms with Crippen molar-refractivity contribution >= 4 is 5.91 Å². The molecule has 1 aromatic rings. The third-order valence-electron chi connectivity index (χ3n) is 6.21. The zero-order valence-electron chi connectivity index (χ0n) is 12.9. The molecule has 1 unspecified atom stereocenters.